The fourth-order valence-electron chi connectivity index (χ4n) is 1.79. The van der Waals surface area contributed by atoms with Crippen molar-refractivity contribution in [3.8, 4) is 0 Å². The van der Waals surface area contributed by atoms with E-state index in [1.54, 1.807) is 36.6 Å². The van der Waals surface area contributed by atoms with Crippen molar-refractivity contribution in [2.75, 3.05) is 5.32 Å². The van der Waals surface area contributed by atoms with Gasteiger partial charge in [-0.25, -0.2) is 4.79 Å². The Morgan fingerprint density at radius 1 is 1.45 bits per heavy atom. The number of benzene rings is 1. The van der Waals surface area contributed by atoms with Gasteiger partial charge in [-0.1, -0.05) is 12.1 Å². The molecule has 20 heavy (non-hydrogen) atoms. The topological polar surface area (TPSA) is 92.5 Å². The van der Waals surface area contributed by atoms with Gasteiger partial charge in [-0.3, -0.25) is 10.1 Å². The fraction of sp³-hybridized carbons (Fsp3) is 0.154. The minimum Gasteiger partial charge on any atom is -0.479 e. The molecule has 0 aliphatic rings. The normalized spacial score (nSPS) is 11.8. The fourth-order valence-corrected chi connectivity index (χ4v) is 2.56. The summed E-state index contributed by atoms with van der Waals surface area (Å²) in [6.45, 7) is 1.79. The van der Waals surface area contributed by atoms with Gasteiger partial charge in [-0.05, 0) is 30.0 Å². The third-order valence-electron chi connectivity index (χ3n) is 2.72. The standard InChI is InChI=1S/C13H12N2O4S/c1-8-4-5-10(15(18)19)9(7-8)14-12(13(16)17)11-3-2-6-20-11/h2-7,12,14H,1H3,(H,16,17). The van der Waals surface area contributed by atoms with Crippen LogP contribution in [0.2, 0.25) is 0 Å². The SMILES string of the molecule is Cc1ccc([N+](=O)[O-])c(NC(C(=O)O)c2cccs2)c1. The second-order valence-corrected chi connectivity index (χ2v) is 5.19. The van der Waals surface area contributed by atoms with Crippen LogP contribution < -0.4 is 5.32 Å². The molecular formula is C13H12N2O4S. The number of anilines is 1. The number of hydrogen-bond donors (Lipinski definition) is 2. The number of nitro benzene ring substituents is 1. The number of aliphatic carboxylic acids is 1. The van der Waals surface area contributed by atoms with Crippen molar-refractivity contribution in [3.63, 3.8) is 0 Å². The highest BCUT2D eigenvalue weighted by Crippen LogP contribution is 2.30. The van der Waals surface area contributed by atoms with Crippen molar-refractivity contribution in [2.24, 2.45) is 0 Å². The Kier molecular flexibility index (Phi) is 3.99. The lowest BCUT2D eigenvalue weighted by molar-refractivity contribution is -0.384. The zero-order valence-electron chi connectivity index (χ0n) is 10.6. The molecule has 1 aromatic heterocycles. The van der Waals surface area contributed by atoms with Gasteiger partial charge in [0.2, 0.25) is 0 Å². The highest BCUT2D eigenvalue weighted by atomic mass is 32.1. The van der Waals surface area contributed by atoms with E-state index in [-0.39, 0.29) is 11.4 Å². The number of nitrogens with one attached hydrogen (secondary N) is 1. The number of carboxylic acid groups (broad SMARTS) is 1. The van der Waals surface area contributed by atoms with E-state index in [4.69, 9.17) is 0 Å². The van der Waals surface area contributed by atoms with E-state index in [2.05, 4.69) is 5.32 Å². The average Bonchev–Trinajstić information content (AvgIpc) is 2.88. The van der Waals surface area contributed by atoms with Gasteiger partial charge in [0.1, 0.15) is 5.69 Å². The molecule has 6 nitrogen and oxygen atoms in total. The summed E-state index contributed by atoms with van der Waals surface area (Å²) in [4.78, 5) is 22.4. The van der Waals surface area contributed by atoms with Crippen LogP contribution in [-0.4, -0.2) is 16.0 Å². The molecule has 7 heteroatoms. The van der Waals surface area contributed by atoms with Crippen LogP contribution in [0.1, 0.15) is 16.5 Å². The van der Waals surface area contributed by atoms with Crippen molar-refractivity contribution >= 4 is 28.7 Å². The molecule has 104 valence electrons. The van der Waals surface area contributed by atoms with Gasteiger partial charge in [0.25, 0.3) is 5.69 Å². The minimum atomic E-state index is -1.08. The zero-order chi connectivity index (χ0) is 14.7. The van der Waals surface area contributed by atoms with Gasteiger partial charge in [-0.2, -0.15) is 0 Å². The van der Waals surface area contributed by atoms with Gasteiger partial charge in [-0.15, -0.1) is 11.3 Å². The zero-order valence-corrected chi connectivity index (χ0v) is 11.4. The lowest BCUT2D eigenvalue weighted by Crippen LogP contribution is -2.20. The van der Waals surface area contributed by atoms with Crippen LogP contribution in [0.25, 0.3) is 0 Å². The Hall–Kier alpha value is -2.41. The first kappa shape index (κ1) is 14.0. The lowest BCUT2D eigenvalue weighted by atomic mass is 10.1. The maximum Gasteiger partial charge on any atom is 0.331 e. The first-order valence-corrected chi connectivity index (χ1v) is 6.65. The molecule has 0 aliphatic carbocycles. The van der Waals surface area contributed by atoms with E-state index in [1.165, 1.54) is 17.4 Å². The molecule has 2 N–H and O–H groups in total. The number of rotatable bonds is 5. The van der Waals surface area contributed by atoms with Crippen LogP contribution in [0.4, 0.5) is 11.4 Å². The average molecular weight is 292 g/mol. The van der Waals surface area contributed by atoms with Gasteiger partial charge >= 0.3 is 5.97 Å². The van der Waals surface area contributed by atoms with Crippen LogP contribution in [0.15, 0.2) is 35.7 Å². The Balaban J connectivity index is 2.38. The monoisotopic (exact) mass is 292 g/mol. The Morgan fingerprint density at radius 2 is 2.20 bits per heavy atom. The van der Waals surface area contributed by atoms with Crippen molar-refractivity contribution in [1.29, 1.82) is 0 Å². The molecule has 0 bridgehead atoms. The second-order valence-electron chi connectivity index (χ2n) is 4.21. The molecule has 2 aromatic rings. The maximum atomic E-state index is 11.3. The Bertz CT molecular complexity index is 640. The summed E-state index contributed by atoms with van der Waals surface area (Å²) in [5.41, 5.74) is 0.877. The molecule has 0 saturated carbocycles. The number of carboxylic acids is 1. The quantitative estimate of drug-likeness (QED) is 0.652. The van der Waals surface area contributed by atoms with Crippen molar-refractivity contribution in [2.45, 2.75) is 13.0 Å². The predicted molar refractivity (Wildman–Crippen MR) is 76.2 cm³/mol. The van der Waals surface area contributed by atoms with Crippen LogP contribution in [0, 0.1) is 17.0 Å². The van der Waals surface area contributed by atoms with E-state index in [0.717, 1.165) is 5.56 Å². The van der Waals surface area contributed by atoms with Crippen LogP contribution in [0.5, 0.6) is 0 Å². The van der Waals surface area contributed by atoms with E-state index in [1.807, 2.05) is 0 Å². The number of thiophene rings is 1. The molecule has 2 rings (SSSR count). The van der Waals surface area contributed by atoms with Gasteiger partial charge in [0.15, 0.2) is 6.04 Å². The summed E-state index contributed by atoms with van der Waals surface area (Å²) in [5.74, 6) is -1.08. The van der Waals surface area contributed by atoms with Crippen LogP contribution in [-0.2, 0) is 4.79 Å². The molecule has 1 atom stereocenters. The summed E-state index contributed by atoms with van der Waals surface area (Å²) >= 11 is 1.28. The summed E-state index contributed by atoms with van der Waals surface area (Å²) in [6, 6.07) is 6.97. The summed E-state index contributed by atoms with van der Waals surface area (Å²) < 4.78 is 0. The molecule has 1 heterocycles. The molecule has 0 aliphatic heterocycles. The Labute approximate surface area is 118 Å². The van der Waals surface area contributed by atoms with E-state index >= 15 is 0 Å². The molecular weight excluding hydrogens is 280 g/mol. The molecule has 0 spiro atoms. The third kappa shape index (κ3) is 2.94. The van der Waals surface area contributed by atoms with E-state index in [0.29, 0.717) is 4.88 Å². The smallest absolute Gasteiger partial charge is 0.331 e. The van der Waals surface area contributed by atoms with Crippen molar-refractivity contribution in [3.05, 3.63) is 56.3 Å². The number of hydrogen-bond acceptors (Lipinski definition) is 5. The summed E-state index contributed by atoms with van der Waals surface area (Å²) in [6.07, 6.45) is 0. The van der Waals surface area contributed by atoms with E-state index in [9.17, 15) is 20.0 Å². The molecule has 0 fully saturated rings. The molecule has 0 radical (unpaired) electrons. The number of nitrogens with zero attached hydrogens (tertiary/aromatic N) is 1. The molecule has 0 saturated heterocycles. The highest BCUT2D eigenvalue weighted by molar-refractivity contribution is 7.10. The van der Waals surface area contributed by atoms with E-state index < -0.39 is 16.9 Å². The summed E-state index contributed by atoms with van der Waals surface area (Å²) in [7, 11) is 0. The lowest BCUT2D eigenvalue weighted by Gasteiger charge is -2.14. The van der Waals surface area contributed by atoms with Gasteiger partial charge in [0.05, 0.1) is 4.92 Å². The van der Waals surface area contributed by atoms with Crippen LogP contribution >= 0.6 is 11.3 Å². The minimum absolute atomic E-state index is 0.140. The van der Waals surface area contributed by atoms with Gasteiger partial charge < -0.3 is 10.4 Å². The van der Waals surface area contributed by atoms with Crippen molar-refractivity contribution in [1.82, 2.24) is 0 Å². The predicted octanol–water partition coefficient (Wildman–Crippen LogP) is 3.20. The number of carbonyl (C=O) groups is 1. The number of nitro groups is 1. The maximum absolute atomic E-state index is 11.3. The molecule has 1 unspecified atom stereocenters. The first-order chi connectivity index (χ1) is 9.49. The van der Waals surface area contributed by atoms with Gasteiger partial charge in [0, 0.05) is 10.9 Å². The molecule has 1 aromatic carbocycles. The largest absolute Gasteiger partial charge is 0.479 e. The second kappa shape index (κ2) is 5.70. The number of aryl methyl sites for hydroxylation is 1. The molecule has 0 amide bonds. The van der Waals surface area contributed by atoms with Crippen LogP contribution in [0.3, 0.4) is 0 Å². The summed E-state index contributed by atoms with van der Waals surface area (Å²) in [5, 5.41) is 24.8. The first-order valence-electron chi connectivity index (χ1n) is 5.77. The third-order valence-corrected chi connectivity index (χ3v) is 3.66. The van der Waals surface area contributed by atoms with Crippen molar-refractivity contribution < 1.29 is 14.8 Å². The Morgan fingerprint density at radius 3 is 2.75 bits per heavy atom. The highest BCUT2D eigenvalue weighted by Gasteiger charge is 2.24.